The zero-order valence-electron chi connectivity index (χ0n) is 18.1. The minimum absolute atomic E-state index is 0.0230. The first-order chi connectivity index (χ1) is 16.1. The van der Waals surface area contributed by atoms with Crippen molar-refractivity contribution in [1.82, 2.24) is 5.43 Å². The average Bonchev–Trinajstić information content (AvgIpc) is 2.79. The summed E-state index contributed by atoms with van der Waals surface area (Å²) in [5.74, 6) is -1.23. The molecule has 1 amide bonds. The molecule has 11 heteroatoms. The fourth-order valence-electron chi connectivity index (χ4n) is 2.96. The van der Waals surface area contributed by atoms with Gasteiger partial charge < -0.3 is 4.74 Å². The molecule has 0 fully saturated rings. The quantitative estimate of drug-likeness (QED) is 0.339. The van der Waals surface area contributed by atoms with Crippen molar-refractivity contribution >= 4 is 51.0 Å². The topological polar surface area (TPSA) is 88.1 Å². The van der Waals surface area contributed by atoms with E-state index in [1.54, 1.807) is 12.1 Å². The van der Waals surface area contributed by atoms with E-state index in [0.29, 0.717) is 0 Å². The number of rotatable bonds is 8. The number of hydrogen-bond acceptors (Lipinski definition) is 5. The van der Waals surface area contributed by atoms with Crippen LogP contribution >= 0.6 is 23.2 Å². The highest BCUT2D eigenvalue weighted by Gasteiger charge is 2.29. The number of aryl methyl sites for hydroxylation is 1. The van der Waals surface area contributed by atoms with E-state index in [4.69, 9.17) is 27.9 Å². The number of methoxy groups -OCH3 is 1. The number of carbonyl (C=O) groups excluding carboxylic acids is 1. The number of hydrogen-bond donors (Lipinski definition) is 1. The normalized spacial score (nSPS) is 11.4. The third-order valence-corrected chi connectivity index (χ3v) is 7.03. The van der Waals surface area contributed by atoms with Crippen molar-refractivity contribution < 1.29 is 22.3 Å². The van der Waals surface area contributed by atoms with Gasteiger partial charge in [0, 0.05) is 10.6 Å². The number of carbonyl (C=O) groups is 1. The molecule has 0 aliphatic heterocycles. The zero-order chi connectivity index (χ0) is 24.9. The van der Waals surface area contributed by atoms with Gasteiger partial charge in [-0.25, -0.2) is 18.2 Å². The second-order valence-corrected chi connectivity index (χ2v) is 9.78. The van der Waals surface area contributed by atoms with E-state index < -0.39 is 28.3 Å². The fraction of sp³-hybridized carbons (Fsp3) is 0.130. The van der Waals surface area contributed by atoms with Gasteiger partial charge in [-0.2, -0.15) is 5.10 Å². The SMILES string of the molecule is COc1ccc(Cl)cc1N(CC(=O)N/N=C\c1c(F)cccc1Cl)S(=O)(=O)c1ccc(C)cc1. The minimum Gasteiger partial charge on any atom is -0.495 e. The van der Waals surface area contributed by atoms with Crippen LogP contribution in [-0.2, 0) is 14.8 Å². The molecule has 0 saturated carbocycles. The fourth-order valence-corrected chi connectivity index (χ4v) is 4.77. The van der Waals surface area contributed by atoms with Gasteiger partial charge in [0.1, 0.15) is 18.1 Å². The summed E-state index contributed by atoms with van der Waals surface area (Å²) in [7, 11) is -2.84. The molecule has 3 aromatic carbocycles. The summed E-state index contributed by atoms with van der Waals surface area (Å²) in [5.41, 5.74) is 3.10. The number of sulfonamides is 1. The first-order valence-electron chi connectivity index (χ1n) is 9.82. The smallest absolute Gasteiger partial charge is 0.264 e. The summed E-state index contributed by atoms with van der Waals surface area (Å²) in [6.45, 7) is 1.16. The van der Waals surface area contributed by atoms with E-state index in [9.17, 15) is 17.6 Å². The Morgan fingerprint density at radius 3 is 2.50 bits per heavy atom. The van der Waals surface area contributed by atoms with Crippen molar-refractivity contribution in [2.24, 2.45) is 5.10 Å². The van der Waals surface area contributed by atoms with Crippen LogP contribution in [0.1, 0.15) is 11.1 Å². The Balaban J connectivity index is 1.94. The van der Waals surface area contributed by atoms with E-state index in [0.717, 1.165) is 16.1 Å². The summed E-state index contributed by atoms with van der Waals surface area (Å²) in [6, 6.07) is 14.6. The van der Waals surface area contributed by atoms with E-state index in [2.05, 4.69) is 10.5 Å². The van der Waals surface area contributed by atoms with Gasteiger partial charge in [-0.3, -0.25) is 9.10 Å². The van der Waals surface area contributed by atoms with Crippen molar-refractivity contribution in [3.8, 4) is 5.75 Å². The molecule has 7 nitrogen and oxygen atoms in total. The third-order valence-electron chi connectivity index (χ3n) is 4.69. The van der Waals surface area contributed by atoms with Gasteiger partial charge in [0.15, 0.2) is 0 Å². The number of ether oxygens (including phenoxy) is 1. The lowest BCUT2D eigenvalue weighted by molar-refractivity contribution is -0.119. The molecule has 0 spiro atoms. The number of hydrazone groups is 1. The summed E-state index contributed by atoms with van der Waals surface area (Å²) < 4.78 is 47.0. The van der Waals surface area contributed by atoms with E-state index >= 15 is 0 Å². The Labute approximate surface area is 206 Å². The Hall–Kier alpha value is -3.14. The summed E-state index contributed by atoms with van der Waals surface area (Å²) >= 11 is 12.0. The molecular weight excluding hydrogens is 504 g/mol. The number of amides is 1. The lowest BCUT2D eigenvalue weighted by Crippen LogP contribution is -2.39. The number of anilines is 1. The standard InChI is InChI=1S/C23H20Cl2FN3O4S/c1-15-6-9-17(10-7-15)34(31,32)29(21-12-16(24)8-11-22(21)33-2)14-23(30)28-27-13-18-19(25)4-3-5-20(18)26/h3-13H,14H2,1-2H3,(H,28,30)/b27-13-. The van der Waals surface area contributed by atoms with Crippen LogP contribution in [0.3, 0.4) is 0 Å². The predicted octanol–water partition coefficient (Wildman–Crippen LogP) is 4.80. The molecule has 0 atom stereocenters. The Bertz CT molecular complexity index is 1310. The van der Waals surface area contributed by atoms with Crippen molar-refractivity contribution in [1.29, 1.82) is 0 Å². The number of nitrogens with zero attached hydrogens (tertiary/aromatic N) is 2. The lowest BCUT2D eigenvalue weighted by Gasteiger charge is -2.25. The average molecular weight is 524 g/mol. The zero-order valence-corrected chi connectivity index (χ0v) is 20.5. The molecule has 1 N–H and O–H groups in total. The molecule has 0 aliphatic carbocycles. The largest absolute Gasteiger partial charge is 0.495 e. The van der Waals surface area contributed by atoms with E-state index in [1.165, 1.54) is 55.6 Å². The highest BCUT2D eigenvalue weighted by atomic mass is 35.5. The second-order valence-electron chi connectivity index (χ2n) is 7.07. The summed E-state index contributed by atoms with van der Waals surface area (Å²) in [4.78, 5) is 12.6. The number of benzene rings is 3. The second kappa shape index (κ2) is 10.9. The Morgan fingerprint density at radius 2 is 1.85 bits per heavy atom. The minimum atomic E-state index is -4.21. The van der Waals surface area contributed by atoms with Crippen LogP contribution in [-0.4, -0.2) is 34.2 Å². The highest BCUT2D eigenvalue weighted by Crippen LogP contribution is 2.34. The van der Waals surface area contributed by atoms with Gasteiger partial charge in [0.25, 0.3) is 15.9 Å². The maximum absolute atomic E-state index is 13.9. The van der Waals surface area contributed by atoms with Gasteiger partial charge in [0.2, 0.25) is 0 Å². The van der Waals surface area contributed by atoms with Crippen molar-refractivity contribution in [3.63, 3.8) is 0 Å². The van der Waals surface area contributed by atoms with Crippen LogP contribution < -0.4 is 14.5 Å². The Kier molecular flexibility index (Phi) is 8.14. The molecule has 0 unspecified atom stereocenters. The highest BCUT2D eigenvalue weighted by molar-refractivity contribution is 7.92. The molecule has 34 heavy (non-hydrogen) atoms. The molecule has 0 radical (unpaired) electrons. The van der Waals surface area contributed by atoms with Crippen LogP contribution in [0.5, 0.6) is 5.75 Å². The molecule has 3 rings (SSSR count). The van der Waals surface area contributed by atoms with Crippen LogP contribution in [0.15, 0.2) is 70.7 Å². The van der Waals surface area contributed by atoms with Crippen molar-refractivity contribution in [2.45, 2.75) is 11.8 Å². The van der Waals surface area contributed by atoms with Crippen LogP contribution in [0.4, 0.5) is 10.1 Å². The third kappa shape index (κ3) is 5.85. The summed E-state index contributed by atoms with van der Waals surface area (Å²) in [6.07, 6.45) is 1.04. The molecule has 0 saturated heterocycles. The molecule has 0 heterocycles. The van der Waals surface area contributed by atoms with E-state index in [-0.39, 0.29) is 31.9 Å². The molecule has 0 aliphatic rings. The lowest BCUT2D eigenvalue weighted by atomic mass is 10.2. The van der Waals surface area contributed by atoms with Crippen LogP contribution in [0.2, 0.25) is 10.0 Å². The van der Waals surface area contributed by atoms with Gasteiger partial charge in [-0.05, 0) is 49.4 Å². The molecule has 3 aromatic rings. The monoisotopic (exact) mass is 523 g/mol. The van der Waals surface area contributed by atoms with Gasteiger partial charge in [0.05, 0.1) is 28.9 Å². The van der Waals surface area contributed by atoms with Crippen LogP contribution in [0.25, 0.3) is 0 Å². The maximum atomic E-state index is 13.9. The van der Waals surface area contributed by atoms with Gasteiger partial charge >= 0.3 is 0 Å². The first-order valence-corrected chi connectivity index (χ1v) is 12.0. The van der Waals surface area contributed by atoms with Gasteiger partial charge in [-0.15, -0.1) is 0 Å². The van der Waals surface area contributed by atoms with Crippen molar-refractivity contribution in [3.05, 3.63) is 87.7 Å². The van der Waals surface area contributed by atoms with E-state index in [1.807, 2.05) is 6.92 Å². The first kappa shape index (κ1) is 25.5. The summed E-state index contributed by atoms with van der Waals surface area (Å²) in [5, 5.41) is 4.05. The Morgan fingerprint density at radius 1 is 1.15 bits per heavy atom. The van der Waals surface area contributed by atoms with Crippen LogP contribution in [0, 0.1) is 12.7 Å². The number of nitrogens with one attached hydrogen (secondary N) is 1. The van der Waals surface area contributed by atoms with Gasteiger partial charge in [-0.1, -0.05) is 47.0 Å². The van der Waals surface area contributed by atoms with Crippen molar-refractivity contribution in [2.75, 3.05) is 18.0 Å². The maximum Gasteiger partial charge on any atom is 0.264 e. The molecular formula is C23H20Cl2FN3O4S. The predicted molar refractivity (Wildman–Crippen MR) is 131 cm³/mol. The molecule has 0 aromatic heterocycles. The molecule has 0 bridgehead atoms. The number of halogens is 3. The molecule has 178 valence electrons.